The summed E-state index contributed by atoms with van der Waals surface area (Å²) in [6, 6.07) is 10.8. The Hall–Kier alpha value is -3.69. The van der Waals surface area contributed by atoms with Gasteiger partial charge < -0.3 is 14.9 Å². The van der Waals surface area contributed by atoms with E-state index < -0.39 is 29.9 Å². The Morgan fingerprint density at radius 3 is 2.23 bits per heavy atom. The van der Waals surface area contributed by atoms with E-state index in [1.807, 2.05) is 0 Å². The number of halogens is 4. The molecule has 1 N–H and O–H groups in total. The van der Waals surface area contributed by atoms with Crippen LogP contribution in [0.3, 0.4) is 0 Å². The molecule has 0 radical (unpaired) electrons. The van der Waals surface area contributed by atoms with Gasteiger partial charge in [0.1, 0.15) is 5.82 Å². The van der Waals surface area contributed by atoms with Crippen molar-refractivity contribution in [2.45, 2.75) is 24.6 Å². The van der Waals surface area contributed by atoms with E-state index in [9.17, 15) is 31.9 Å². The third kappa shape index (κ3) is 5.70. The zero-order valence-corrected chi connectivity index (χ0v) is 18.4. The first-order chi connectivity index (χ1) is 16.5. The van der Waals surface area contributed by atoms with Crippen molar-refractivity contribution in [3.05, 3.63) is 77.1 Å². The lowest BCUT2D eigenvalue weighted by Crippen LogP contribution is -2.56. The van der Waals surface area contributed by atoms with Crippen molar-refractivity contribution in [3.63, 3.8) is 0 Å². The summed E-state index contributed by atoms with van der Waals surface area (Å²) in [6.45, 7) is 0.318. The second-order valence-corrected chi connectivity index (χ2v) is 8.79. The molecule has 2 unspecified atom stereocenters. The van der Waals surface area contributed by atoms with Gasteiger partial charge in [0.05, 0.1) is 5.56 Å². The zero-order valence-electron chi connectivity index (χ0n) is 18.4. The molecule has 0 aromatic heterocycles. The number of benzene rings is 2. The van der Waals surface area contributed by atoms with Gasteiger partial charge in [-0.05, 0) is 47.9 Å². The molecule has 35 heavy (non-hydrogen) atoms. The topological polar surface area (TPSA) is 77.9 Å². The molecule has 0 spiro atoms. The van der Waals surface area contributed by atoms with Gasteiger partial charge in [0.15, 0.2) is 0 Å². The molecule has 2 atom stereocenters. The molecule has 6 nitrogen and oxygen atoms in total. The highest BCUT2D eigenvalue weighted by Gasteiger charge is 2.52. The molecule has 2 fully saturated rings. The summed E-state index contributed by atoms with van der Waals surface area (Å²) >= 11 is 0. The lowest BCUT2D eigenvalue weighted by Gasteiger charge is -2.41. The van der Waals surface area contributed by atoms with Gasteiger partial charge >= 0.3 is 18.1 Å². The van der Waals surface area contributed by atoms with Gasteiger partial charge in [-0.3, -0.25) is 9.59 Å². The monoisotopic (exact) mass is 490 g/mol. The van der Waals surface area contributed by atoms with Gasteiger partial charge in [-0.15, -0.1) is 0 Å². The number of aromatic carboxylic acids is 1. The lowest BCUT2D eigenvalue weighted by molar-refractivity contribution is -0.187. The second kappa shape index (κ2) is 9.52. The van der Waals surface area contributed by atoms with E-state index in [0.717, 1.165) is 4.90 Å². The van der Waals surface area contributed by atoms with Crippen LogP contribution in [0.1, 0.15) is 33.8 Å². The molecule has 2 aromatic rings. The summed E-state index contributed by atoms with van der Waals surface area (Å²) in [5.41, 5.74) is 1.43. The molecule has 184 valence electrons. The fourth-order valence-corrected chi connectivity index (χ4v) is 4.28. The summed E-state index contributed by atoms with van der Waals surface area (Å²) in [4.78, 5) is 37.7. The molecule has 1 saturated carbocycles. The Kier molecular flexibility index (Phi) is 6.64. The SMILES string of the molecule is O=C(O)c1ccc(/C=C/C(=O)N2CC(CN(C(=O)C(F)(F)F)C3CC3c3ccc(F)cc3)C2)cc1. The number of carboxylic acids is 1. The predicted molar refractivity (Wildman–Crippen MR) is 118 cm³/mol. The van der Waals surface area contributed by atoms with Crippen LogP contribution in [0.2, 0.25) is 0 Å². The molecular formula is C25H22F4N2O4. The van der Waals surface area contributed by atoms with Crippen LogP contribution in [-0.2, 0) is 9.59 Å². The first kappa shape index (κ1) is 24.4. The number of carbonyl (C=O) groups excluding carboxylic acids is 2. The Balaban J connectivity index is 1.34. The third-order valence-electron chi connectivity index (χ3n) is 6.26. The van der Waals surface area contributed by atoms with Crippen molar-refractivity contribution >= 4 is 23.9 Å². The van der Waals surface area contributed by atoms with Crippen molar-refractivity contribution in [2.75, 3.05) is 19.6 Å². The minimum atomic E-state index is -5.01. The van der Waals surface area contributed by atoms with Crippen LogP contribution in [0.25, 0.3) is 6.08 Å². The van der Waals surface area contributed by atoms with Crippen molar-refractivity contribution < 1.29 is 37.1 Å². The Labute approximate surface area is 198 Å². The van der Waals surface area contributed by atoms with Gasteiger partial charge in [0.25, 0.3) is 0 Å². The fourth-order valence-electron chi connectivity index (χ4n) is 4.28. The molecule has 2 aromatic carbocycles. The molecule has 1 heterocycles. The minimum absolute atomic E-state index is 0.120. The molecular weight excluding hydrogens is 468 g/mol. The lowest BCUT2D eigenvalue weighted by atomic mass is 9.98. The third-order valence-corrected chi connectivity index (χ3v) is 6.26. The quantitative estimate of drug-likeness (QED) is 0.471. The zero-order chi connectivity index (χ0) is 25.3. The highest BCUT2D eigenvalue weighted by molar-refractivity contribution is 5.93. The van der Waals surface area contributed by atoms with E-state index in [2.05, 4.69) is 0 Å². The Bertz CT molecular complexity index is 1140. The highest BCUT2D eigenvalue weighted by atomic mass is 19.4. The maximum Gasteiger partial charge on any atom is 0.471 e. The van der Waals surface area contributed by atoms with E-state index in [1.54, 1.807) is 12.1 Å². The summed E-state index contributed by atoms with van der Waals surface area (Å²) < 4.78 is 52.9. The van der Waals surface area contributed by atoms with Crippen LogP contribution in [0.15, 0.2) is 54.6 Å². The number of hydrogen-bond acceptors (Lipinski definition) is 3. The van der Waals surface area contributed by atoms with Crippen molar-refractivity contribution in [1.29, 1.82) is 0 Å². The van der Waals surface area contributed by atoms with E-state index in [0.29, 0.717) is 17.5 Å². The fraction of sp³-hybridized carbons (Fsp3) is 0.320. The maximum atomic E-state index is 13.2. The van der Waals surface area contributed by atoms with Crippen molar-refractivity contribution in [3.8, 4) is 0 Å². The number of carboxylic acid groups (broad SMARTS) is 1. The molecule has 1 saturated heterocycles. The van der Waals surface area contributed by atoms with E-state index >= 15 is 0 Å². The van der Waals surface area contributed by atoms with Crippen LogP contribution in [-0.4, -0.2) is 64.5 Å². The van der Waals surface area contributed by atoms with Crippen LogP contribution < -0.4 is 0 Å². The summed E-state index contributed by atoms with van der Waals surface area (Å²) in [5, 5.41) is 8.91. The standard InChI is InChI=1S/C25H22F4N2O4/c26-19-8-6-17(7-9-19)20-11-21(20)31(24(35)25(27,28)29)14-16-12-30(13-16)22(32)10-3-15-1-4-18(5-2-15)23(33)34/h1-10,16,20-21H,11-14H2,(H,33,34)/b10-3+. The number of likely N-dealkylation sites (tertiary alicyclic amines) is 1. The van der Waals surface area contributed by atoms with Gasteiger partial charge in [-0.2, -0.15) is 13.2 Å². The van der Waals surface area contributed by atoms with Gasteiger partial charge in [0.2, 0.25) is 5.91 Å². The van der Waals surface area contributed by atoms with Gasteiger partial charge in [-0.25, -0.2) is 9.18 Å². The average Bonchev–Trinajstić information content (AvgIpc) is 3.57. The highest BCUT2D eigenvalue weighted by Crippen LogP contribution is 2.46. The second-order valence-electron chi connectivity index (χ2n) is 8.79. The molecule has 10 heteroatoms. The van der Waals surface area contributed by atoms with E-state index in [1.165, 1.54) is 53.5 Å². The van der Waals surface area contributed by atoms with Gasteiger partial charge in [0, 0.05) is 43.6 Å². The maximum absolute atomic E-state index is 13.2. The first-order valence-corrected chi connectivity index (χ1v) is 11.0. The molecule has 1 aliphatic carbocycles. The van der Waals surface area contributed by atoms with Crippen LogP contribution in [0.4, 0.5) is 17.6 Å². The number of amides is 2. The average molecular weight is 490 g/mol. The summed E-state index contributed by atoms with van der Waals surface area (Å²) in [5.74, 6) is -4.30. The Morgan fingerprint density at radius 1 is 1.03 bits per heavy atom. The summed E-state index contributed by atoms with van der Waals surface area (Å²) in [6.07, 6.45) is -1.80. The molecule has 4 rings (SSSR count). The van der Waals surface area contributed by atoms with Crippen LogP contribution >= 0.6 is 0 Å². The van der Waals surface area contributed by atoms with E-state index in [-0.39, 0.29) is 42.9 Å². The number of hydrogen-bond donors (Lipinski definition) is 1. The van der Waals surface area contributed by atoms with Crippen LogP contribution in [0.5, 0.6) is 0 Å². The normalized spacial score (nSPS) is 19.9. The predicted octanol–water partition coefficient (Wildman–Crippen LogP) is 3.94. The number of rotatable bonds is 7. The first-order valence-electron chi connectivity index (χ1n) is 11.0. The number of alkyl halides is 3. The largest absolute Gasteiger partial charge is 0.478 e. The molecule has 1 aliphatic heterocycles. The number of nitrogens with zero attached hydrogens (tertiary/aromatic N) is 2. The number of carbonyl (C=O) groups is 3. The molecule has 2 amide bonds. The van der Waals surface area contributed by atoms with Gasteiger partial charge in [-0.1, -0.05) is 24.3 Å². The molecule has 2 aliphatic rings. The summed E-state index contributed by atoms with van der Waals surface area (Å²) in [7, 11) is 0. The molecule has 0 bridgehead atoms. The smallest absolute Gasteiger partial charge is 0.471 e. The minimum Gasteiger partial charge on any atom is -0.478 e. The van der Waals surface area contributed by atoms with Crippen LogP contribution in [0, 0.1) is 11.7 Å². The van der Waals surface area contributed by atoms with Crippen molar-refractivity contribution in [2.24, 2.45) is 5.92 Å². The van der Waals surface area contributed by atoms with E-state index in [4.69, 9.17) is 5.11 Å². The van der Waals surface area contributed by atoms with Crippen molar-refractivity contribution in [1.82, 2.24) is 9.80 Å². The Morgan fingerprint density at radius 2 is 1.66 bits per heavy atom.